The van der Waals surface area contributed by atoms with Crippen molar-refractivity contribution >= 4 is 0 Å². The summed E-state index contributed by atoms with van der Waals surface area (Å²) in [5.41, 5.74) is -0.328. The lowest BCUT2D eigenvalue weighted by Crippen LogP contribution is -2.40. The summed E-state index contributed by atoms with van der Waals surface area (Å²) in [6, 6.07) is 3.36. The van der Waals surface area contributed by atoms with Crippen molar-refractivity contribution in [3.05, 3.63) is 17.7 Å². The largest absolute Gasteiger partial charge is 0.502 e. The minimum absolute atomic E-state index is 0.0453. The molecule has 1 aromatic carbocycles. The van der Waals surface area contributed by atoms with Crippen LogP contribution in [0, 0.1) is 0 Å². The molecule has 1 aromatic rings. The standard InChI is InChI=1S/C13H21NO5/c1-13(17,8-15)7-14-6-9-4-10(18-2)12(16)11(5-9)19-3/h4-5,14-17H,6-8H2,1-3H3. The monoisotopic (exact) mass is 271 g/mol. The number of benzene rings is 1. The first-order valence-corrected chi connectivity index (χ1v) is 5.91. The van der Waals surface area contributed by atoms with Gasteiger partial charge in [-0.15, -0.1) is 0 Å². The molecule has 0 radical (unpaired) electrons. The maximum absolute atomic E-state index is 9.76. The molecule has 0 saturated heterocycles. The molecule has 0 spiro atoms. The quantitative estimate of drug-likeness (QED) is 0.568. The predicted molar refractivity (Wildman–Crippen MR) is 70.6 cm³/mol. The molecule has 0 bridgehead atoms. The highest BCUT2D eigenvalue weighted by molar-refractivity contribution is 5.52. The van der Waals surface area contributed by atoms with Crippen LogP contribution in [0.3, 0.4) is 0 Å². The van der Waals surface area contributed by atoms with Gasteiger partial charge in [0.2, 0.25) is 5.75 Å². The zero-order valence-electron chi connectivity index (χ0n) is 11.4. The molecule has 0 aliphatic carbocycles. The Hall–Kier alpha value is -1.50. The second-order valence-electron chi connectivity index (χ2n) is 4.61. The van der Waals surface area contributed by atoms with Gasteiger partial charge in [0.15, 0.2) is 11.5 Å². The molecule has 108 valence electrons. The molecule has 0 saturated carbocycles. The molecule has 19 heavy (non-hydrogen) atoms. The predicted octanol–water partition coefficient (Wildman–Crippen LogP) is 0.242. The summed E-state index contributed by atoms with van der Waals surface area (Å²) in [5, 5.41) is 31.3. The molecule has 0 aliphatic heterocycles. The third kappa shape index (κ3) is 4.27. The van der Waals surface area contributed by atoms with Gasteiger partial charge in [0, 0.05) is 13.1 Å². The molecule has 0 aliphatic rings. The minimum atomic E-state index is -1.16. The van der Waals surface area contributed by atoms with Crippen LogP contribution in [0.2, 0.25) is 0 Å². The van der Waals surface area contributed by atoms with E-state index < -0.39 is 5.60 Å². The van der Waals surface area contributed by atoms with Crippen molar-refractivity contribution in [2.24, 2.45) is 0 Å². The number of aliphatic hydroxyl groups is 2. The van der Waals surface area contributed by atoms with Gasteiger partial charge in [-0.25, -0.2) is 0 Å². The molecule has 6 nitrogen and oxygen atoms in total. The Morgan fingerprint density at radius 2 is 1.74 bits per heavy atom. The molecular weight excluding hydrogens is 250 g/mol. The van der Waals surface area contributed by atoms with Crippen LogP contribution in [0.4, 0.5) is 0 Å². The van der Waals surface area contributed by atoms with E-state index in [1.165, 1.54) is 21.1 Å². The number of aliphatic hydroxyl groups excluding tert-OH is 1. The van der Waals surface area contributed by atoms with E-state index >= 15 is 0 Å². The summed E-state index contributed by atoms with van der Waals surface area (Å²) in [4.78, 5) is 0. The molecule has 4 N–H and O–H groups in total. The van der Waals surface area contributed by atoms with Gasteiger partial charge in [0.05, 0.1) is 26.4 Å². The lowest BCUT2D eigenvalue weighted by molar-refractivity contribution is 0.00253. The topological polar surface area (TPSA) is 91.2 Å². The molecule has 0 heterocycles. The molecule has 1 rings (SSSR count). The Labute approximate surface area is 112 Å². The number of methoxy groups -OCH3 is 2. The smallest absolute Gasteiger partial charge is 0.200 e. The number of phenolic OH excluding ortho intramolecular Hbond substituents is 1. The van der Waals surface area contributed by atoms with Gasteiger partial charge < -0.3 is 30.1 Å². The minimum Gasteiger partial charge on any atom is -0.502 e. The van der Waals surface area contributed by atoms with Gasteiger partial charge in [-0.2, -0.15) is 0 Å². The number of rotatable bonds is 7. The molecule has 6 heteroatoms. The van der Waals surface area contributed by atoms with Crippen LogP contribution in [-0.2, 0) is 6.54 Å². The third-order valence-electron chi connectivity index (χ3n) is 2.72. The van der Waals surface area contributed by atoms with Gasteiger partial charge >= 0.3 is 0 Å². The summed E-state index contributed by atoms with van der Waals surface area (Å²) in [6.45, 7) is 1.92. The first-order valence-electron chi connectivity index (χ1n) is 5.91. The maximum atomic E-state index is 9.76. The first kappa shape index (κ1) is 15.6. The van der Waals surface area contributed by atoms with E-state index in [4.69, 9.17) is 14.6 Å². The lowest BCUT2D eigenvalue weighted by atomic mass is 10.1. The average molecular weight is 271 g/mol. The number of nitrogens with one attached hydrogen (secondary N) is 1. The van der Waals surface area contributed by atoms with Gasteiger partial charge in [-0.05, 0) is 24.6 Å². The van der Waals surface area contributed by atoms with E-state index in [0.717, 1.165) is 5.56 Å². The molecule has 0 fully saturated rings. The lowest BCUT2D eigenvalue weighted by Gasteiger charge is -2.21. The van der Waals surface area contributed by atoms with Crippen molar-refractivity contribution in [3.63, 3.8) is 0 Å². The van der Waals surface area contributed by atoms with Crippen LogP contribution < -0.4 is 14.8 Å². The van der Waals surface area contributed by atoms with E-state index in [0.29, 0.717) is 18.0 Å². The maximum Gasteiger partial charge on any atom is 0.200 e. The second kappa shape index (κ2) is 6.60. The summed E-state index contributed by atoms with van der Waals surface area (Å²) < 4.78 is 10.1. The van der Waals surface area contributed by atoms with E-state index in [1.807, 2.05) is 0 Å². The van der Waals surface area contributed by atoms with Crippen molar-refractivity contribution in [1.82, 2.24) is 5.32 Å². The van der Waals surface area contributed by atoms with Gasteiger partial charge in [-0.1, -0.05) is 0 Å². The number of phenols is 1. The van der Waals surface area contributed by atoms with Crippen LogP contribution in [0.15, 0.2) is 12.1 Å². The first-order chi connectivity index (χ1) is 8.93. The Balaban J connectivity index is 2.74. The van der Waals surface area contributed by atoms with E-state index in [9.17, 15) is 10.2 Å². The van der Waals surface area contributed by atoms with Gasteiger partial charge in [-0.3, -0.25) is 0 Å². The summed E-state index contributed by atoms with van der Waals surface area (Å²) >= 11 is 0. The number of hydrogen-bond acceptors (Lipinski definition) is 6. The molecule has 1 unspecified atom stereocenters. The van der Waals surface area contributed by atoms with Crippen LogP contribution in [-0.4, -0.2) is 48.3 Å². The fourth-order valence-electron chi connectivity index (χ4n) is 1.58. The summed E-state index contributed by atoms with van der Waals surface area (Å²) in [7, 11) is 2.92. The fraction of sp³-hybridized carbons (Fsp3) is 0.538. The Bertz CT molecular complexity index is 394. The van der Waals surface area contributed by atoms with E-state index in [2.05, 4.69) is 5.32 Å². The highest BCUT2D eigenvalue weighted by atomic mass is 16.5. The van der Waals surface area contributed by atoms with Crippen LogP contribution in [0.5, 0.6) is 17.2 Å². The summed E-state index contributed by atoms with van der Waals surface area (Å²) in [6.07, 6.45) is 0. The van der Waals surface area contributed by atoms with Crippen molar-refractivity contribution in [2.75, 3.05) is 27.4 Å². The van der Waals surface area contributed by atoms with Crippen molar-refractivity contribution < 1.29 is 24.8 Å². The molecule has 0 amide bonds. The van der Waals surface area contributed by atoms with E-state index in [1.54, 1.807) is 12.1 Å². The van der Waals surface area contributed by atoms with Crippen LogP contribution >= 0.6 is 0 Å². The van der Waals surface area contributed by atoms with Gasteiger partial charge in [0.1, 0.15) is 0 Å². The normalized spacial score (nSPS) is 13.9. The zero-order chi connectivity index (χ0) is 14.5. The van der Waals surface area contributed by atoms with Gasteiger partial charge in [0.25, 0.3) is 0 Å². The number of aromatic hydroxyl groups is 1. The summed E-state index contributed by atoms with van der Waals surface area (Å²) in [5.74, 6) is 0.603. The Morgan fingerprint density at radius 3 is 2.16 bits per heavy atom. The fourth-order valence-corrected chi connectivity index (χ4v) is 1.58. The van der Waals surface area contributed by atoms with Crippen molar-refractivity contribution in [2.45, 2.75) is 19.1 Å². The van der Waals surface area contributed by atoms with E-state index in [-0.39, 0.29) is 18.9 Å². The highest BCUT2D eigenvalue weighted by Gasteiger charge is 2.18. The highest BCUT2D eigenvalue weighted by Crippen LogP contribution is 2.36. The number of ether oxygens (including phenoxy) is 2. The average Bonchev–Trinajstić information content (AvgIpc) is 2.40. The van der Waals surface area contributed by atoms with Crippen molar-refractivity contribution in [3.8, 4) is 17.2 Å². The molecule has 0 aromatic heterocycles. The molecular formula is C13H21NO5. The molecule has 1 atom stereocenters. The van der Waals surface area contributed by atoms with Crippen LogP contribution in [0.25, 0.3) is 0 Å². The van der Waals surface area contributed by atoms with Crippen LogP contribution in [0.1, 0.15) is 12.5 Å². The number of hydrogen-bond donors (Lipinski definition) is 4. The second-order valence-corrected chi connectivity index (χ2v) is 4.61. The Kier molecular flexibility index (Phi) is 5.41. The Morgan fingerprint density at radius 1 is 1.21 bits per heavy atom. The van der Waals surface area contributed by atoms with Crippen molar-refractivity contribution in [1.29, 1.82) is 0 Å². The zero-order valence-corrected chi connectivity index (χ0v) is 11.4. The SMILES string of the molecule is COc1cc(CNCC(C)(O)CO)cc(OC)c1O. The third-order valence-corrected chi connectivity index (χ3v) is 2.72.